The molecule has 144 valence electrons. The molecule has 10 heteroatoms. The number of pyridine rings is 1. The normalized spacial score (nSPS) is 18.8. The average Bonchev–Trinajstić information content (AvgIpc) is 2.69. The number of ether oxygens (including phenoxy) is 1. The van der Waals surface area contributed by atoms with Crippen molar-refractivity contribution in [3.8, 4) is 6.07 Å². The van der Waals surface area contributed by atoms with E-state index < -0.39 is 35.3 Å². The van der Waals surface area contributed by atoms with Gasteiger partial charge >= 0.3 is 0 Å². The van der Waals surface area contributed by atoms with E-state index in [9.17, 15) is 18.0 Å². The molecule has 1 unspecified atom stereocenters. The van der Waals surface area contributed by atoms with Crippen LogP contribution in [0.25, 0.3) is 0 Å². The molecule has 3 N–H and O–H groups in total. The number of anilines is 1. The maximum atomic E-state index is 14.4. The zero-order valence-electron chi connectivity index (χ0n) is 14.3. The Kier molecular flexibility index (Phi) is 5.17. The molecular weight excluding hydrogens is 375 g/mol. The fourth-order valence-corrected chi connectivity index (χ4v) is 2.79. The molecule has 1 aromatic heterocycles. The molecule has 1 atom stereocenters. The molecule has 0 saturated carbocycles. The summed E-state index contributed by atoms with van der Waals surface area (Å²) < 4.78 is 47.0. The fraction of sp³-hybridized carbons (Fsp3) is 0.222. The van der Waals surface area contributed by atoms with Crippen LogP contribution in [0.2, 0.25) is 0 Å². The Balaban J connectivity index is 1.93. The predicted molar refractivity (Wildman–Crippen MR) is 93.2 cm³/mol. The van der Waals surface area contributed by atoms with Gasteiger partial charge in [0.25, 0.3) is 18.4 Å². The number of carbonyl (C=O) groups is 1. The van der Waals surface area contributed by atoms with Crippen LogP contribution in [0.5, 0.6) is 0 Å². The molecule has 7 nitrogen and oxygen atoms in total. The first-order valence-corrected chi connectivity index (χ1v) is 8.09. The zero-order valence-corrected chi connectivity index (χ0v) is 14.3. The standard InChI is InChI=1S/C18H14F3N5O2/c19-13-3-2-11(25-15(27)14-4-1-10(8-22)9-24-14)7-12(13)18(16(20)21)5-6-28-17(23)26-18/h1-4,7,9,16H,5-6H2,(H2,23,26)(H,25,27). The summed E-state index contributed by atoms with van der Waals surface area (Å²) >= 11 is 0. The minimum absolute atomic E-state index is 0.00165. The molecular formula is C18H14F3N5O2. The Hall–Kier alpha value is -3.61. The van der Waals surface area contributed by atoms with Crippen molar-refractivity contribution in [3.63, 3.8) is 0 Å². The van der Waals surface area contributed by atoms with Crippen LogP contribution < -0.4 is 11.1 Å². The van der Waals surface area contributed by atoms with Crippen molar-refractivity contribution < 1.29 is 22.7 Å². The minimum Gasteiger partial charge on any atom is -0.465 e. The lowest BCUT2D eigenvalue weighted by atomic mass is 9.86. The lowest BCUT2D eigenvalue weighted by molar-refractivity contribution is 0.0247. The van der Waals surface area contributed by atoms with E-state index in [-0.39, 0.29) is 30.0 Å². The fourth-order valence-electron chi connectivity index (χ4n) is 2.79. The average molecular weight is 389 g/mol. The van der Waals surface area contributed by atoms with Crippen molar-refractivity contribution in [2.45, 2.75) is 18.4 Å². The van der Waals surface area contributed by atoms with Crippen LogP contribution in [-0.4, -0.2) is 29.9 Å². The van der Waals surface area contributed by atoms with Crippen LogP contribution in [0.1, 0.15) is 28.0 Å². The van der Waals surface area contributed by atoms with Crippen molar-refractivity contribution in [3.05, 3.63) is 59.2 Å². The van der Waals surface area contributed by atoms with Crippen LogP contribution in [0.3, 0.4) is 0 Å². The van der Waals surface area contributed by atoms with Gasteiger partial charge in [0.2, 0.25) is 0 Å². The van der Waals surface area contributed by atoms with Gasteiger partial charge in [-0.25, -0.2) is 23.1 Å². The number of amides is 1. The third-order valence-corrected chi connectivity index (χ3v) is 4.22. The Bertz CT molecular complexity index is 972. The number of hydrogen-bond donors (Lipinski definition) is 2. The lowest BCUT2D eigenvalue weighted by Crippen LogP contribution is -2.41. The third-order valence-electron chi connectivity index (χ3n) is 4.22. The number of nitrogens with one attached hydrogen (secondary N) is 1. The van der Waals surface area contributed by atoms with Crippen molar-refractivity contribution in [2.24, 2.45) is 10.7 Å². The van der Waals surface area contributed by atoms with E-state index >= 15 is 0 Å². The summed E-state index contributed by atoms with van der Waals surface area (Å²) in [6.07, 6.45) is -2.11. The van der Waals surface area contributed by atoms with E-state index in [0.717, 1.165) is 12.1 Å². The number of benzene rings is 1. The molecule has 0 fully saturated rings. The Morgan fingerprint density at radius 2 is 2.14 bits per heavy atom. The highest BCUT2D eigenvalue weighted by Crippen LogP contribution is 2.40. The maximum Gasteiger partial charge on any atom is 0.283 e. The van der Waals surface area contributed by atoms with Crippen LogP contribution >= 0.6 is 0 Å². The number of alkyl halides is 2. The molecule has 2 aromatic rings. The molecule has 2 heterocycles. The number of aliphatic imine (C=N–C) groups is 1. The number of hydrogen-bond acceptors (Lipinski definition) is 6. The van der Waals surface area contributed by atoms with Gasteiger partial charge in [-0.3, -0.25) is 4.79 Å². The highest BCUT2D eigenvalue weighted by molar-refractivity contribution is 6.02. The molecule has 3 rings (SSSR count). The number of carbonyl (C=O) groups excluding carboxylic acids is 1. The number of nitrogens with zero attached hydrogens (tertiary/aromatic N) is 3. The largest absolute Gasteiger partial charge is 0.465 e. The summed E-state index contributed by atoms with van der Waals surface area (Å²) in [6, 6.07) is 7.43. The van der Waals surface area contributed by atoms with E-state index in [0.29, 0.717) is 0 Å². The van der Waals surface area contributed by atoms with Crippen molar-refractivity contribution in [2.75, 3.05) is 11.9 Å². The van der Waals surface area contributed by atoms with Crippen LogP contribution in [0, 0.1) is 17.1 Å². The number of nitriles is 1. The van der Waals surface area contributed by atoms with Crippen LogP contribution in [-0.2, 0) is 10.3 Å². The molecule has 0 spiro atoms. The maximum absolute atomic E-state index is 14.4. The van der Waals surface area contributed by atoms with Crippen molar-refractivity contribution >= 4 is 17.6 Å². The Morgan fingerprint density at radius 3 is 2.75 bits per heavy atom. The number of rotatable bonds is 4. The quantitative estimate of drug-likeness (QED) is 0.834. The molecule has 28 heavy (non-hydrogen) atoms. The second kappa shape index (κ2) is 7.56. The number of halogens is 3. The molecule has 1 amide bonds. The molecule has 0 saturated heterocycles. The first-order chi connectivity index (χ1) is 13.4. The number of aromatic nitrogens is 1. The molecule has 0 radical (unpaired) electrons. The summed E-state index contributed by atoms with van der Waals surface area (Å²) in [7, 11) is 0. The van der Waals surface area contributed by atoms with E-state index in [2.05, 4.69) is 15.3 Å². The van der Waals surface area contributed by atoms with E-state index in [4.69, 9.17) is 15.7 Å². The second-order valence-corrected chi connectivity index (χ2v) is 5.97. The highest BCUT2D eigenvalue weighted by Gasteiger charge is 2.46. The predicted octanol–water partition coefficient (Wildman–Crippen LogP) is 2.54. The Labute approximate surface area is 157 Å². The van der Waals surface area contributed by atoms with Gasteiger partial charge in [0.05, 0.1) is 12.2 Å². The monoisotopic (exact) mass is 389 g/mol. The summed E-state index contributed by atoms with van der Waals surface area (Å²) in [4.78, 5) is 19.8. The topological polar surface area (TPSA) is 113 Å². The van der Waals surface area contributed by atoms with Gasteiger partial charge in [0.15, 0.2) is 5.54 Å². The summed E-state index contributed by atoms with van der Waals surface area (Å²) in [5, 5.41) is 11.2. The Morgan fingerprint density at radius 1 is 1.36 bits per heavy atom. The minimum atomic E-state index is -3.05. The highest BCUT2D eigenvalue weighted by atomic mass is 19.3. The number of amidine groups is 1. The van der Waals surface area contributed by atoms with Gasteiger partial charge in [-0.1, -0.05) is 0 Å². The smallest absolute Gasteiger partial charge is 0.283 e. The van der Waals surface area contributed by atoms with Crippen LogP contribution in [0.4, 0.5) is 18.9 Å². The zero-order chi connectivity index (χ0) is 20.3. The third kappa shape index (κ3) is 3.59. The summed E-state index contributed by atoms with van der Waals surface area (Å²) in [6.45, 7) is -0.148. The van der Waals surface area contributed by atoms with Crippen molar-refractivity contribution in [1.29, 1.82) is 5.26 Å². The number of nitrogens with two attached hydrogens (primary N) is 1. The SMILES string of the molecule is N#Cc1ccc(C(=O)Nc2ccc(F)c(C3(C(F)F)CCOC(N)=N3)c2)nc1. The van der Waals surface area contributed by atoms with Gasteiger partial charge in [-0.15, -0.1) is 0 Å². The summed E-state index contributed by atoms with van der Waals surface area (Å²) in [5.41, 5.74) is 3.16. The first kappa shape index (κ1) is 19.2. The van der Waals surface area contributed by atoms with E-state index in [1.165, 1.54) is 24.4 Å². The molecule has 1 aromatic carbocycles. The van der Waals surface area contributed by atoms with Gasteiger partial charge in [-0.05, 0) is 30.3 Å². The van der Waals surface area contributed by atoms with Gasteiger partial charge in [0.1, 0.15) is 17.6 Å². The van der Waals surface area contributed by atoms with Gasteiger partial charge in [0, 0.05) is 23.9 Å². The van der Waals surface area contributed by atoms with Gasteiger partial charge in [-0.2, -0.15) is 5.26 Å². The van der Waals surface area contributed by atoms with E-state index in [1.807, 2.05) is 6.07 Å². The first-order valence-electron chi connectivity index (χ1n) is 8.09. The van der Waals surface area contributed by atoms with Crippen LogP contribution in [0.15, 0.2) is 41.5 Å². The summed E-state index contributed by atoms with van der Waals surface area (Å²) in [5.74, 6) is -1.56. The lowest BCUT2D eigenvalue weighted by Gasteiger charge is -2.33. The van der Waals surface area contributed by atoms with Gasteiger partial charge < -0.3 is 15.8 Å². The van der Waals surface area contributed by atoms with Crippen molar-refractivity contribution in [1.82, 2.24) is 4.98 Å². The second-order valence-electron chi connectivity index (χ2n) is 5.97. The molecule has 0 aliphatic carbocycles. The molecule has 1 aliphatic rings. The van der Waals surface area contributed by atoms with E-state index in [1.54, 1.807) is 0 Å². The molecule has 0 bridgehead atoms. The molecule has 1 aliphatic heterocycles.